The molecule has 1 aliphatic carbocycles. The van der Waals surface area contributed by atoms with Crippen LogP contribution in [0.3, 0.4) is 0 Å². The highest BCUT2D eigenvalue weighted by Crippen LogP contribution is 2.37. The van der Waals surface area contributed by atoms with E-state index in [1.54, 1.807) is 4.68 Å². The maximum absolute atomic E-state index is 14.0. The highest BCUT2D eigenvalue weighted by molar-refractivity contribution is 5.36. The predicted molar refractivity (Wildman–Crippen MR) is 62.8 cm³/mol. The lowest BCUT2D eigenvalue weighted by atomic mass is 10.0. The zero-order valence-electron chi connectivity index (χ0n) is 10.3. The summed E-state index contributed by atoms with van der Waals surface area (Å²) in [5.41, 5.74) is 6.09. The van der Waals surface area contributed by atoms with Crippen molar-refractivity contribution in [3.05, 3.63) is 11.5 Å². The fourth-order valence-corrected chi connectivity index (χ4v) is 2.40. The number of aromatic nitrogens is 2. The van der Waals surface area contributed by atoms with Crippen LogP contribution < -0.4 is 5.73 Å². The van der Waals surface area contributed by atoms with Gasteiger partial charge < -0.3 is 5.73 Å². The Hall–Kier alpha value is -1.06. The largest absolute Gasteiger partial charge is 0.381 e. The molecule has 0 atom stereocenters. The summed E-state index contributed by atoms with van der Waals surface area (Å²) in [4.78, 5) is 0. The maximum atomic E-state index is 14.0. The summed E-state index contributed by atoms with van der Waals surface area (Å²) in [6, 6.07) is 0. The third-order valence-electron chi connectivity index (χ3n) is 3.26. The lowest BCUT2D eigenvalue weighted by Gasteiger charge is -2.20. The smallest absolute Gasteiger partial charge is 0.188 e. The van der Waals surface area contributed by atoms with Gasteiger partial charge in [0.15, 0.2) is 11.6 Å². The number of hydrogen-bond acceptors (Lipinski definition) is 2. The molecule has 1 heterocycles. The van der Waals surface area contributed by atoms with E-state index in [2.05, 4.69) is 5.10 Å². The quantitative estimate of drug-likeness (QED) is 0.798. The first kappa shape index (κ1) is 11.4. The van der Waals surface area contributed by atoms with Crippen LogP contribution >= 0.6 is 0 Å². The minimum atomic E-state index is -0.304. The number of nitrogens with zero attached hydrogens (tertiary/aromatic N) is 2. The average Bonchev–Trinajstić information content (AvgIpc) is 2.75. The maximum Gasteiger partial charge on any atom is 0.188 e. The first-order valence-corrected chi connectivity index (χ1v) is 5.95. The van der Waals surface area contributed by atoms with E-state index in [0.717, 1.165) is 12.8 Å². The normalized spacial score (nSPS) is 18.2. The third-order valence-corrected chi connectivity index (χ3v) is 3.26. The molecule has 1 aromatic rings. The van der Waals surface area contributed by atoms with Crippen molar-refractivity contribution in [1.29, 1.82) is 0 Å². The Labute approximate surface area is 95.8 Å². The van der Waals surface area contributed by atoms with Crippen LogP contribution in [0.2, 0.25) is 0 Å². The molecule has 0 aromatic carbocycles. The van der Waals surface area contributed by atoms with E-state index in [0.29, 0.717) is 5.69 Å². The molecular formula is C12H20FN3. The Bertz CT molecular complexity index is 384. The standard InChI is InChI=1S/C12H20FN3/c1-12(2,3)16-11(14)9(13)10(15-16)8-6-4-5-7-8/h8H,4-7,14H2,1-3H3. The summed E-state index contributed by atoms with van der Waals surface area (Å²) in [5, 5.41) is 4.38. The van der Waals surface area contributed by atoms with Crippen molar-refractivity contribution in [2.24, 2.45) is 0 Å². The van der Waals surface area contributed by atoms with Crippen molar-refractivity contribution in [1.82, 2.24) is 9.78 Å². The highest BCUT2D eigenvalue weighted by Gasteiger charge is 2.29. The SMILES string of the molecule is CC(C)(C)n1nc(C2CCCC2)c(F)c1N. The fourth-order valence-electron chi connectivity index (χ4n) is 2.40. The van der Waals surface area contributed by atoms with Crippen LogP contribution in [-0.4, -0.2) is 9.78 Å². The number of halogens is 1. The number of nitrogens with two attached hydrogens (primary N) is 1. The van der Waals surface area contributed by atoms with E-state index in [-0.39, 0.29) is 23.1 Å². The van der Waals surface area contributed by atoms with Gasteiger partial charge in [-0.25, -0.2) is 9.07 Å². The van der Waals surface area contributed by atoms with Gasteiger partial charge in [-0.1, -0.05) is 12.8 Å². The van der Waals surface area contributed by atoms with Gasteiger partial charge in [0.2, 0.25) is 0 Å². The molecular weight excluding hydrogens is 205 g/mol. The van der Waals surface area contributed by atoms with Crippen LogP contribution in [0.25, 0.3) is 0 Å². The highest BCUT2D eigenvalue weighted by atomic mass is 19.1. The molecule has 2 rings (SSSR count). The number of anilines is 1. The fraction of sp³-hybridized carbons (Fsp3) is 0.750. The van der Waals surface area contributed by atoms with E-state index in [1.165, 1.54) is 12.8 Å². The van der Waals surface area contributed by atoms with Crippen molar-refractivity contribution >= 4 is 5.82 Å². The Balaban J connectivity index is 2.40. The van der Waals surface area contributed by atoms with Crippen molar-refractivity contribution in [3.8, 4) is 0 Å². The molecule has 0 radical (unpaired) electrons. The Morgan fingerprint density at radius 1 is 1.31 bits per heavy atom. The third kappa shape index (κ3) is 1.81. The monoisotopic (exact) mass is 225 g/mol. The first-order valence-electron chi connectivity index (χ1n) is 5.95. The molecule has 3 nitrogen and oxygen atoms in total. The Morgan fingerprint density at radius 3 is 2.31 bits per heavy atom. The van der Waals surface area contributed by atoms with E-state index in [4.69, 9.17) is 5.73 Å². The summed E-state index contributed by atoms with van der Waals surface area (Å²) in [5.74, 6) is 0.141. The zero-order chi connectivity index (χ0) is 11.9. The lowest BCUT2D eigenvalue weighted by Crippen LogP contribution is -2.25. The van der Waals surface area contributed by atoms with Gasteiger partial charge >= 0.3 is 0 Å². The molecule has 0 unspecified atom stereocenters. The molecule has 0 saturated heterocycles. The first-order chi connectivity index (χ1) is 7.41. The van der Waals surface area contributed by atoms with Crippen LogP contribution in [0.5, 0.6) is 0 Å². The summed E-state index contributed by atoms with van der Waals surface area (Å²) >= 11 is 0. The van der Waals surface area contributed by atoms with Gasteiger partial charge in [0, 0.05) is 5.92 Å². The molecule has 1 saturated carbocycles. The molecule has 0 spiro atoms. The van der Waals surface area contributed by atoms with Crippen molar-refractivity contribution in [2.75, 3.05) is 5.73 Å². The van der Waals surface area contributed by atoms with Gasteiger partial charge in [-0.3, -0.25) is 0 Å². The van der Waals surface area contributed by atoms with Crippen LogP contribution in [0, 0.1) is 5.82 Å². The molecule has 0 aliphatic heterocycles. The Kier molecular flexibility index (Phi) is 2.68. The second-order valence-corrected chi connectivity index (χ2v) is 5.65. The molecule has 90 valence electrons. The summed E-state index contributed by atoms with van der Waals surface area (Å²) in [6.45, 7) is 5.94. The van der Waals surface area contributed by atoms with Crippen LogP contribution in [-0.2, 0) is 5.54 Å². The number of rotatable bonds is 1. The van der Waals surface area contributed by atoms with Crippen LogP contribution in [0.1, 0.15) is 58.1 Å². The average molecular weight is 225 g/mol. The van der Waals surface area contributed by atoms with Crippen LogP contribution in [0.15, 0.2) is 0 Å². The Morgan fingerprint density at radius 2 is 1.88 bits per heavy atom. The van der Waals surface area contributed by atoms with Crippen molar-refractivity contribution in [2.45, 2.75) is 57.9 Å². The predicted octanol–water partition coefficient (Wildman–Crippen LogP) is 3.02. The second kappa shape index (κ2) is 3.75. The number of hydrogen-bond donors (Lipinski definition) is 1. The van der Waals surface area contributed by atoms with Crippen molar-refractivity contribution in [3.63, 3.8) is 0 Å². The van der Waals surface area contributed by atoms with Gasteiger partial charge in [0.1, 0.15) is 5.69 Å². The molecule has 2 N–H and O–H groups in total. The minimum Gasteiger partial charge on any atom is -0.381 e. The van der Waals surface area contributed by atoms with Gasteiger partial charge in [0.25, 0.3) is 0 Å². The van der Waals surface area contributed by atoms with Gasteiger partial charge in [-0.05, 0) is 33.6 Å². The van der Waals surface area contributed by atoms with Gasteiger partial charge in [0.05, 0.1) is 5.54 Å². The van der Waals surface area contributed by atoms with E-state index in [9.17, 15) is 4.39 Å². The van der Waals surface area contributed by atoms with Gasteiger partial charge in [-0.15, -0.1) is 0 Å². The molecule has 0 amide bonds. The molecule has 1 aromatic heterocycles. The van der Waals surface area contributed by atoms with Crippen molar-refractivity contribution < 1.29 is 4.39 Å². The van der Waals surface area contributed by atoms with E-state index < -0.39 is 0 Å². The van der Waals surface area contributed by atoms with E-state index in [1.807, 2.05) is 20.8 Å². The molecule has 1 fully saturated rings. The molecule has 0 bridgehead atoms. The zero-order valence-corrected chi connectivity index (χ0v) is 10.3. The van der Waals surface area contributed by atoms with Crippen LogP contribution in [0.4, 0.5) is 10.2 Å². The van der Waals surface area contributed by atoms with Gasteiger partial charge in [-0.2, -0.15) is 5.10 Å². The van der Waals surface area contributed by atoms with E-state index >= 15 is 0 Å². The lowest BCUT2D eigenvalue weighted by molar-refractivity contribution is 0.357. The molecule has 16 heavy (non-hydrogen) atoms. The molecule has 4 heteroatoms. The topological polar surface area (TPSA) is 43.8 Å². The summed E-state index contributed by atoms with van der Waals surface area (Å²) in [7, 11) is 0. The summed E-state index contributed by atoms with van der Waals surface area (Å²) in [6.07, 6.45) is 4.42. The molecule has 1 aliphatic rings. The number of nitrogen functional groups attached to an aromatic ring is 1. The minimum absolute atomic E-state index is 0.175. The summed E-state index contributed by atoms with van der Waals surface area (Å²) < 4.78 is 15.6. The second-order valence-electron chi connectivity index (χ2n) is 5.65.